The fourth-order valence-electron chi connectivity index (χ4n) is 4.69. The SMILES string of the molecule is CNOCc1cc(-c2ccc(C(=O)O)c(C(=O)Nc3cc(NC)cc(C(=O)OCCCOC(=O)c4ccccc4)c3)c2)ccc1COO. The van der Waals surface area contributed by atoms with Crippen LogP contribution in [-0.4, -0.2) is 61.5 Å². The van der Waals surface area contributed by atoms with Crippen LogP contribution in [0.15, 0.2) is 84.9 Å². The number of hydroxylamine groups is 1. The maximum atomic E-state index is 13.5. The Morgan fingerprint density at radius 2 is 1.35 bits per heavy atom. The van der Waals surface area contributed by atoms with Crippen LogP contribution >= 0.6 is 0 Å². The van der Waals surface area contributed by atoms with Crippen molar-refractivity contribution in [3.05, 3.63) is 118 Å². The standard InChI is InChI=1S/C35H35N3O10/c1-36-28-16-26(35(43)46-14-6-13-45-34(42)22-7-4-3-5-8-22)17-29(19-28)38-32(39)31-18-24(11-12-30(31)33(40)41)23-9-10-25(21-48-44)27(15-23)20-47-37-2/h3-5,7-12,15-19,36-37,44H,6,13-14,20-21H2,1-2H3,(H,38,39)(H,40,41). The molecule has 1 amide bonds. The smallest absolute Gasteiger partial charge is 0.338 e. The summed E-state index contributed by atoms with van der Waals surface area (Å²) in [6, 6.07) is 22.7. The molecule has 13 heteroatoms. The van der Waals surface area contributed by atoms with Gasteiger partial charge in [0.05, 0.1) is 42.1 Å². The molecule has 0 bridgehead atoms. The molecule has 5 N–H and O–H groups in total. The van der Waals surface area contributed by atoms with Gasteiger partial charge < -0.3 is 25.2 Å². The Hall–Kier alpha value is -5.60. The first-order chi connectivity index (χ1) is 23.2. The Morgan fingerprint density at radius 3 is 2.02 bits per heavy atom. The second-order valence-corrected chi connectivity index (χ2v) is 10.3. The molecule has 0 aliphatic carbocycles. The van der Waals surface area contributed by atoms with E-state index in [1.165, 1.54) is 24.3 Å². The van der Waals surface area contributed by atoms with Crippen LogP contribution in [0.3, 0.4) is 0 Å². The van der Waals surface area contributed by atoms with E-state index in [1.807, 2.05) is 0 Å². The largest absolute Gasteiger partial charge is 0.478 e. The summed E-state index contributed by atoms with van der Waals surface area (Å²) < 4.78 is 10.6. The van der Waals surface area contributed by atoms with E-state index < -0.39 is 23.8 Å². The van der Waals surface area contributed by atoms with E-state index in [4.69, 9.17) is 19.6 Å². The Balaban J connectivity index is 1.48. The fraction of sp³-hybridized carbons (Fsp3) is 0.200. The number of hydrogen-bond acceptors (Lipinski definition) is 11. The lowest BCUT2D eigenvalue weighted by molar-refractivity contribution is -0.253. The van der Waals surface area contributed by atoms with Crippen molar-refractivity contribution in [1.29, 1.82) is 0 Å². The number of amides is 1. The van der Waals surface area contributed by atoms with Crippen LogP contribution in [0.5, 0.6) is 0 Å². The van der Waals surface area contributed by atoms with Crippen molar-refractivity contribution in [1.82, 2.24) is 5.48 Å². The summed E-state index contributed by atoms with van der Waals surface area (Å²) >= 11 is 0. The molecule has 4 rings (SSSR count). The number of carbonyl (C=O) groups excluding carboxylic acids is 3. The number of nitrogens with one attached hydrogen (secondary N) is 3. The van der Waals surface area contributed by atoms with Gasteiger partial charge >= 0.3 is 17.9 Å². The predicted molar refractivity (Wildman–Crippen MR) is 176 cm³/mol. The van der Waals surface area contributed by atoms with Gasteiger partial charge in [0.1, 0.15) is 6.61 Å². The van der Waals surface area contributed by atoms with Crippen molar-refractivity contribution >= 4 is 35.2 Å². The number of carboxylic acids is 1. The van der Waals surface area contributed by atoms with Crippen molar-refractivity contribution < 1.29 is 48.7 Å². The summed E-state index contributed by atoms with van der Waals surface area (Å²) in [6.07, 6.45) is 0.274. The van der Waals surface area contributed by atoms with Gasteiger partial charge in [-0.15, -0.1) is 0 Å². The van der Waals surface area contributed by atoms with E-state index in [-0.39, 0.29) is 55.2 Å². The summed E-state index contributed by atoms with van der Waals surface area (Å²) in [5.41, 5.74) is 6.09. The second kappa shape index (κ2) is 17.4. The highest BCUT2D eigenvalue weighted by atomic mass is 17.1. The van der Waals surface area contributed by atoms with Gasteiger partial charge in [-0.1, -0.05) is 36.4 Å². The molecule has 0 radical (unpaired) electrons. The molecular weight excluding hydrogens is 622 g/mol. The fourth-order valence-corrected chi connectivity index (χ4v) is 4.69. The van der Waals surface area contributed by atoms with Gasteiger partial charge in [-0.25, -0.2) is 24.8 Å². The number of carboxylic acid groups (broad SMARTS) is 1. The zero-order valence-corrected chi connectivity index (χ0v) is 26.3. The third-order valence-corrected chi connectivity index (χ3v) is 7.11. The molecule has 48 heavy (non-hydrogen) atoms. The molecule has 4 aromatic carbocycles. The van der Waals surface area contributed by atoms with Crippen molar-refractivity contribution in [3.63, 3.8) is 0 Å². The first-order valence-corrected chi connectivity index (χ1v) is 14.8. The molecule has 0 aromatic heterocycles. The zero-order chi connectivity index (χ0) is 34.5. The number of ether oxygens (including phenoxy) is 2. The minimum atomic E-state index is -1.30. The lowest BCUT2D eigenvalue weighted by Gasteiger charge is -2.14. The van der Waals surface area contributed by atoms with E-state index in [2.05, 4.69) is 21.0 Å². The monoisotopic (exact) mass is 657 g/mol. The van der Waals surface area contributed by atoms with Crippen LogP contribution in [0.2, 0.25) is 0 Å². The van der Waals surface area contributed by atoms with E-state index in [1.54, 1.807) is 74.8 Å². The van der Waals surface area contributed by atoms with Crippen LogP contribution in [0.4, 0.5) is 11.4 Å². The highest BCUT2D eigenvalue weighted by Crippen LogP contribution is 2.28. The van der Waals surface area contributed by atoms with Gasteiger partial charge in [0, 0.05) is 31.9 Å². The molecule has 0 spiro atoms. The molecule has 0 saturated carbocycles. The molecule has 0 fully saturated rings. The summed E-state index contributed by atoms with van der Waals surface area (Å²) in [4.78, 5) is 60.1. The van der Waals surface area contributed by atoms with Crippen LogP contribution in [-0.2, 0) is 32.4 Å². The summed E-state index contributed by atoms with van der Waals surface area (Å²) in [5.74, 6) is -3.16. The van der Waals surface area contributed by atoms with Gasteiger partial charge in [0.25, 0.3) is 5.91 Å². The van der Waals surface area contributed by atoms with Crippen molar-refractivity contribution in [2.24, 2.45) is 0 Å². The molecule has 0 heterocycles. The maximum Gasteiger partial charge on any atom is 0.338 e. The number of esters is 2. The zero-order valence-electron chi connectivity index (χ0n) is 26.3. The highest BCUT2D eigenvalue weighted by Gasteiger charge is 2.20. The molecule has 0 atom stereocenters. The third-order valence-electron chi connectivity index (χ3n) is 7.11. The van der Waals surface area contributed by atoms with E-state index >= 15 is 0 Å². The van der Waals surface area contributed by atoms with Crippen LogP contribution in [0, 0.1) is 0 Å². The van der Waals surface area contributed by atoms with Crippen molar-refractivity contribution in [3.8, 4) is 11.1 Å². The number of rotatable bonds is 16. The summed E-state index contributed by atoms with van der Waals surface area (Å²) in [7, 11) is 3.24. The number of aromatic carboxylic acids is 1. The first-order valence-electron chi connectivity index (χ1n) is 14.8. The van der Waals surface area contributed by atoms with E-state index in [0.29, 0.717) is 33.5 Å². The third kappa shape index (κ3) is 9.47. The van der Waals surface area contributed by atoms with Crippen molar-refractivity contribution in [2.75, 3.05) is 37.9 Å². The highest BCUT2D eigenvalue weighted by molar-refractivity contribution is 6.12. The van der Waals surface area contributed by atoms with E-state index in [9.17, 15) is 24.3 Å². The number of anilines is 2. The van der Waals surface area contributed by atoms with Crippen LogP contribution < -0.4 is 16.1 Å². The van der Waals surface area contributed by atoms with Crippen molar-refractivity contribution in [2.45, 2.75) is 19.6 Å². The summed E-state index contributed by atoms with van der Waals surface area (Å²) in [5, 5.41) is 24.4. The average molecular weight is 658 g/mol. The molecule has 13 nitrogen and oxygen atoms in total. The predicted octanol–water partition coefficient (Wildman–Crippen LogP) is 5.39. The average Bonchev–Trinajstić information content (AvgIpc) is 3.10. The van der Waals surface area contributed by atoms with Gasteiger partial charge in [-0.3, -0.25) is 14.9 Å². The number of carbonyl (C=O) groups is 4. The Morgan fingerprint density at radius 1 is 0.688 bits per heavy atom. The van der Waals surface area contributed by atoms with Gasteiger partial charge in [-0.05, 0) is 70.8 Å². The topological polar surface area (TPSA) is 182 Å². The van der Waals surface area contributed by atoms with Gasteiger partial charge in [-0.2, -0.15) is 0 Å². The normalized spacial score (nSPS) is 10.6. The molecule has 4 aromatic rings. The quantitative estimate of drug-likeness (QED) is 0.0449. The van der Waals surface area contributed by atoms with Crippen LogP contribution in [0.25, 0.3) is 11.1 Å². The minimum absolute atomic E-state index is 0.0159. The Kier molecular flexibility index (Phi) is 12.7. The molecule has 250 valence electrons. The summed E-state index contributed by atoms with van der Waals surface area (Å²) in [6.45, 7) is 0.117. The lowest BCUT2D eigenvalue weighted by Crippen LogP contribution is -2.17. The molecule has 0 aliphatic rings. The molecule has 0 unspecified atom stereocenters. The maximum absolute atomic E-state index is 13.5. The number of hydrogen-bond donors (Lipinski definition) is 5. The molecular formula is C35H35N3O10. The van der Waals surface area contributed by atoms with Gasteiger partial charge in [0.15, 0.2) is 0 Å². The Bertz CT molecular complexity index is 1760. The molecule has 0 saturated heterocycles. The second-order valence-electron chi connectivity index (χ2n) is 10.3. The first kappa shape index (κ1) is 35.3. The van der Waals surface area contributed by atoms with Crippen LogP contribution in [0.1, 0.15) is 59.0 Å². The number of benzene rings is 4. The molecule has 0 aliphatic heterocycles. The van der Waals surface area contributed by atoms with E-state index in [0.717, 1.165) is 0 Å². The lowest BCUT2D eigenvalue weighted by atomic mass is 9.95. The van der Waals surface area contributed by atoms with Gasteiger partial charge in [0.2, 0.25) is 0 Å². The Labute approximate surface area is 276 Å². The minimum Gasteiger partial charge on any atom is -0.478 e.